The van der Waals surface area contributed by atoms with Gasteiger partial charge in [0.15, 0.2) is 17.7 Å². The second kappa shape index (κ2) is 13.1. The lowest BCUT2D eigenvalue weighted by atomic mass is 9.92. The van der Waals surface area contributed by atoms with Crippen molar-refractivity contribution in [1.82, 2.24) is 4.90 Å². The fraction of sp³-hybridized carbons (Fsp3) is 0.519. The van der Waals surface area contributed by atoms with Crippen LogP contribution in [0.15, 0.2) is 30.3 Å². The third-order valence-electron chi connectivity index (χ3n) is 6.06. The molecule has 9 heteroatoms. The number of imide groups is 1. The Morgan fingerprint density at radius 3 is 2.47 bits per heavy atom. The van der Waals surface area contributed by atoms with Crippen LogP contribution < -0.4 is 0 Å². The Kier molecular flexibility index (Phi) is 10.5. The number of Topliss-reactive ketones (excluding diaryl/α,β-unsaturated/α-hetero) is 1. The molecule has 0 aromatic heterocycles. The molecule has 36 heavy (non-hydrogen) atoms. The first-order chi connectivity index (χ1) is 17.0. The van der Waals surface area contributed by atoms with E-state index < -0.39 is 41.8 Å². The van der Waals surface area contributed by atoms with Crippen molar-refractivity contribution in [2.24, 2.45) is 11.8 Å². The molecule has 1 fully saturated rings. The first-order valence-electron chi connectivity index (χ1n) is 12.1. The van der Waals surface area contributed by atoms with E-state index in [0.717, 1.165) is 23.5 Å². The molecule has 0 saturated carbocycles. The van der Waals surface area contributed by atoms with Gasteiger partial charge in [-0.1, -0.05) is 43.7 Å². The molecule has 3 unspecified atom stereocenters. The smallest absolute Gasteiger partial charge is 0.416 e. The monoisotopic (exact) mass is 501 g/mol. The maximum Gasteiger partial charge on any atom is 0.416 e. The van der Waals surface area contributed by atoms with Crippen LogP contribution in [0.1, 0.15) is 58.1 Å². The van der Waals surface area contributed by atoms with E-state index in [0.29, 0.717) is 18.4 Å². The number of benzene rings is 1. The van der Waals surface area contributed by atoms with E-state index in [1.165, 1.54) is 6.92 Å². The minimum atomic E-state index is -1.54. The molecule has 1 aliphatic rings. The Bertz CT molecular complexity index is 1030. The van der Waals surface area contributed by atoms with Crippen molar-refractivity contribution in [3.63, 3.8) is 0 Å². The first kappa shape index (κ1) is 28.9. The molecule has 1 aromatic rings. The van der Waals surface area contributed by atoms with Crippen molar-refractivity contribution < 1.29 is 38.6 Å². The molecule has 2 amide bonds. The number of aliphatic hydroxyl groups excluding tert-OH is 1. The van der Waals surface area contributed by atoms with Gasteiger partial charge in [-0.15, -0.1) is 0 Å². The zero-order valence-electron chi connectivity index (χ0n) is 21.5. The molecule has 9 nitrogen and oxygen atoms in total. The molecule has 1 saturated heterocycles. The number of allylic oxidation sites excluding steroid dienone is 1. The molecule has 196 valence electrons. The fourth-order valence-corrected chi connectivity index (χ4v) is 4.01. The standard InChI is InChI=1S/C27H35NO8/c1-16(2)22-15-35-27(34)28(22)26(33)18(4)25(36-19(5)30)24(32)14-21(23(31)11-6-7-12-29)20-10-8-9-17(3)13-20/h8-10,13-14,16,18,22,25,29H,6-7,11-12,15H2,1-5H3. The highest BCUT2D eigenvalue weighted by Gasteiger charge is 2.44. The number of carbonyl (C=O) groups excluding carboxylic acids is 5. The number of esters is 1. The van der Waals surface area contributed by atoms with Crippen LogP contribution in [0.25, 0.3) is 5.57 Å². The summed E-state index contributed by atoms with van der Waals surface area (Å²) in [6, 6.07) is 6.55. The van der Waals surface area contributed by atoms with Gasteiger partial charge in [0.2, 0.25) is 5.91 Å². The minimum absolute atomic E-state index is 0.0425. The van der Waals surface area contributed by atoms with Crippen LogP contribution in [0.3, 0.4) is 0 Å². The van der Waals surface area contributed by atoms with Gasteiger partial charge in [-0.25, -0.2) is 9.69 Å². The molecule has 0 spiro atoms. The van der Waals surface area contributed by atoms with Crippen LogP contribution in [0.2, 0.25) is 0 Å². The number of rotatable bonds is 12. The second-order valence-corrected chi connectivity index (χ2v) is 9.35. The zero-order valence-corrected chi connectivity index (χ0v) is 21.5. The lowest BCUT2D eigenvalue weighted by Gasteiger charge is -2.28. The van der Waals surface area contributed by atoms with Gasteiger partial charge in [0, 0.05) is 25.5 Å². The number of carbonyl (C=O) groups is 5. The van der Waals surface area contributed by atoms with Crippen LogP contribution >= 0.6 is 0 Å². The largest absolute Gasteiger partial charge is 0.453 e. The van der Waals surface area contributed by atoms with Crippen molar-refractivity contribution in [3.05, 3.63) is 41.5 Å². The topological polar surface area (TPSA) is 127 Å². The summed E-state index contributed by atoms with van der Waals surface area (Å²) in [6.07, 6.45) is -0.268. The average Bonchev–Trinajstić information content (AvgIpc) is 3.21. The number of aryl methyl sites for hydroxylation is 1. The maximum absolute atomic E-state index is 13.4. The van der Waals surface area contributed by atoms with Gasteiger partial charge in [0.05, 0.1) is 12.0 Å². The van der Waals surface area contributed by atoms with Gasteiger partial charge in [0.25, 0.3) is 0 Å². The van der Waals surface area contributed by atoms with Crippen LogP contribution in [0.5, 0.6) is 0 Å². The van der Waals surface area contributed by atoms with Gasteiger partial charge in [0.1, 0.15) is 6.61 Å². The van der Waals surface area contributed by atoms with E-state index in [1.54, 1.807) is 18.2 Å². The lowest BCUT2D eigenvalue weighted by molar-refractivity contribution is -0.158. The Labute approximate surface area is 211 Å². The molecule has 3 atom stereocenters. The number of amides is 2. The summed E-state index contributed by atoms with van der Waals surface area (Å²) in [5, 5.41) is 9.05. The quantitative estimate of drug-likeness (QED) is 0.263. The highest BCUT2D eigenvalue weighted by molar-refractivity contribution is 6.25. The van der Waals surface area contributed by atoms with Gasteiger partial charge in [-0.05, 0) is 44.2 Å². The number of unbranched alkanes of at least 4 members (excludes halogenated alkanes) is 1. The Balaban J connectivity index is 2.43. The maximum atomic E-state index is 13.4. The Morgan fingerprint density at radius 1 is 1.19 bits per heavy atom. The summed E-state index contributed by atoms with van der Waals surface area (Å²) in [5.41, 5.74) is 1.52. The van der Waals surface area contributed by atoms with Crippen LogP contribution in [-0.2, 0) is 28.7 Å². The number of cyclic esters (lactones) is 1. The molecule has 0 bridgehead atoms. The van der Waals surface area contributed by atoms with E-state index in [9.17, 15) is 24.0 Å². The summed E-state index contributed by atoms with van der Waals surface area (Å²) >= 11 is 0. The lowest BCUT2D eigenvalue weighted by Crippen LogP contribution is -2.48. The summed E-state index contributed by atoms with van der Waals surface area (Å²) < 4.78 is 10.3. The van der Waals surface area contributed by atoms with Gasteiger partial charge >= 0.3 is 12.1 Å². The summed E-state index contributed by atoms with van der Waals surface area (Å²) in [5.74, 6) is -3.82. The Hall–Kier alpha value is -3.33. The number of ketones is 2. The highest BCUT2D eigenvalue weighted by Crippen LogP contribution is 2.26. The molecule has 1 aromatic carbocycles. The van der Waals surface area contributed by atoms with E-state index in [1.807, 2.05) is 26.8 Å². The van der Waals surface area contributed by atoms with Crippen molar-refractivity contribution >= 4 is 35.1 Å². The molecule has 2 rings (SSSR count). The van der Waals surface area contributed by atoms with Gasteiger partial charge < -0.3 is 14.6 Å². The van der Waals surface area contributed by atoms with Crippen LogP contribution in [-0.4, -0.2) is 64.9 Å². The van der Waals surface area contributed by atoms with Gasteiger partial charge in [-0.3, -0.25) is 19.2 Å². The molecule has 0 radical (unpaired) electrons. The van der Waals surface area contributed by atoms with Crippen molar-refractivity contribution in [2.45, 2.75) is 66.0 Å². The highest BCUT2D eigenvalue weighted by atomic mass is 16.6. The molecule has 1 N–H and O–H groups in total. The molecule has 0 aliphatic carbocycles. The van der Waals surface area contributed by atoms with Gasteiger partial charge in [-0.2, -0.15) is 0 Å². The third-order valence-corrected chi connectivity index (χ3v) is 6.06. The number of aliphatic hydroxyl groups is 1. The van der Waals surface area contributed by atoms with Crippen molar-refractivity contribution in [2.75, 3.05) is 13.2 Å². The SMILES string of the molecule is CC(=O)OC(C(=O)C=C(C(=O)CCCCO)c1cccc(C)c1)C(C)C(=O)N1C(=O)OCC1C(C)C. The number of ether oxygens (including phenoxy) is 2. The predicted octanol–water partition coefficient (Wildman–Crippen LogP) is 3.25. The van der Waals surface area contributed by atoms with E-state index in [4.69, 9.17) is 14.6 Å². The average molecular weight is 502 g/mol. The molecular weight excluding hydrogens is 466 g/mol. The third kappa shape index (κ3) is 7.34. The predicted molar refractivity (Wildman–Crippen MR) is 132 cm³/mol. The molecule has 1 heterocycles. The number of hydrogen-bond acceptors (Lipinski definition) is 8. The van der Waals surface area contributed by atoms with E-state index in [2.05, 4.69) is 0 Å². The molecular formula is C27H35NO8. The normalized spacial score (nSPS) is 17.5. The summed E-state index contributed by atoms with van der Waals surface area (Å²) in [7, 11) is 0. The van der Waals surface area contributed by atoms with Crippen LogP contribution in [0.4, 0.5) is 4.79 Å². The molecule has 1 aliphatic heterocycles. The summed E-state index contributed by atoms with van der Waals surface area (Å²) in [4.78, 5) is 64.8. The minimum Gasteiger partial charge on any atom is -0.453 e. The second-order valence-electron chi connectivity index (χ2n) is 9.35. The zero-order chi connectivity index (χ0) is 27.0. The van der Waals surface area contributed by atoms with E-state index >= 15 is 0 Å². The number of nitrogens with zero attached hydrogens (tertiary/aromatic N) is 1. The van der Waals surface area contributed by atoms with Crippen molar-refractivity contribution in [1.29, 1.82) is 0 Å². The van der Waals surface area contributed by atoms with Crippen molar-refractivity contribution in [3.8, 4) is 0 Å². The van der Waals surface area contributed by atoms with Crippen LogP contribution in [0, 0.1) is 18.8 Å². The Morgan fingerprint density at radius 2 is 1.89 bits per heavy atom. The first-order valence-corrected chi connectivity index (χ1v) is 12.1. The summed E-state index contributed by atoms with van der Waals surface area (Å²) in [6.45, 7) is 8.03. The fourth-order valence-electron chi connectivity index (χ4n) is 4.01. The number of hydrogen-bond donors (Lipinski definition) is 1. The van der Waals surface area contributed by atoms with E-state index in [-0.39, 0.29) is 36.9 Å².